The van der Waals surface area contributed by atoms with Crippen LogP contribution in [0.3, 0.4) is 0 Å². The fourth-order valence-corrected chi connectivity index (χ4v) is 5.15. The van der Waals surface area contributed by atoms with Crippen LogP contribution in [0, 0.1) is 5.41 Å². The molecule has 218 valence electrons. The van der Waals surface area contributed by atoms with Crippen molar-refractivity contribution in [3.63, 3.8) is 0 Å². The highest BCUT2D eigenvalue weighted by Crippen LogP contribution is 2.41. The smallest absolute Gasteiger partial charge is 0.319 e. The molecule has 0 amide bonds. The molecule has 1 aliphatic rings. The van der Waals surface area contributed by atoms with Gasteiger partial charge in [-0.3, -0.25) is 14.4 Å². The van der Waals surface area contributed by atoms with Gasteiger partial charge < -0.3 is 32.5 Å². The van der Waals surface area contributed by atoms with E-state index in [-0.39, 0.29) is 42.5 Å². The molecule has 2 aromatic heterocycles. The van der Waals surface area contributed by atoms with Crippen molar-refractivity contribution in [2.24, 2.45) is 5.41 Å². The lowest BCUT2D eigenvalue weighted by atomic mass is 9.80. The number of ether oxygens (including phenoxy) is 5. The fraction of sp³-hybridized carbons (Fsp3) is 0.281. The number of fused-ring (bicyclic) bond motifs is 2. The van der Waals surface area contributed by atoms with Gasteiger partial charge in [-0.1, -0.05) is 18.2 Å². The molecule has 0 saturated carbocycles. The van der Waals surface area contributed by atoms with Crippen molar-refractivity contribution in [1.29, 1.82) is 0 Å². The maximum atomic E-state index is 13.0. The Labute approximate surface area is 241 Å². The van der Waals surface area contributed by atoms with E-state index in [9.17, 15) is 14.4 Å². The molecule has 10 heteroatoms. The number of Topliss-reactive ketones (excluding diaryl/α,β-unsaturated/α-hetero) is 2. The van der Waals surface area contributed by atoms with E-state index in [0.717, 1.165) is 5.57 Å². The minimum atomic E-state index is -1.17. The Morgan fingerprint density at radius 1 is 0.833 bits per heavy atom. The number of hydrogen-bond acceptors (Lipinski definition) is 10. The molecule has 1 unspecified atom stereocenters. The zero-order chi connectivity index (χ0) is 30.0. The normalized spacial score (nSPS) is 16.3. The standard InChI is InChI=1S/C32H30O10/c1-18(33)27-25(14-23-21(8-12-39-23)29(27)36-3)41-16-20-6-10-32(11-7-20,31(35)38-5)17-42-26-15-24-22(9-13-40-24)30(37-4)28(26)19(2)34/h6-10,12-15H,11,16-17H2,1-5H3. The lowest BCUT2D eigenvalue weighted by Gasteiger charge is -2.30. The first kappa shape index (κ1) is 28.5. The first-order chi connectivity index (χ1) is 20.2. The lowest BCUT2D eigenvalue weighted by Crippen LogP contribution is -2.37. The number of carbonyl (C=O) groups is 3. The number of ketones is 2. The van der Waals surface area contributed by atoms with E-state index >= 15 is 0 Å². The van der Waals surface area contributed by atoms with Crippen molar-refractivity contribution in [1.82, 2.24) is 0 Å². The summed E-state index contributed by atoms with van der Waals surface area (Å²) in [6, 6.07) is 6.71. The minimum absolute atomic E-state index is 0.114. The van der Waals surface area contributed by atoms with Crippen LogP contribution in [0.2, 0.25) is 0 Å². The molecule has 4 aromatic rings. The second-order valence-electron chi connectivity index (χ2n) is 9.88. The van der Waals surface area contributed by atoms with Crippen molar-refractivity contribution in [3.8, 4) is 23.0 Å². The molecule has 10 nitrogen and oxygen atoms in total. The third-order valence-corrected chi connectivity index (χ3v) is 7.28. The monoisotopic (exact) mass is 574 g/mol. The van der Waals surface area contributed by atoms with Crippen molar-refractivity contribution in [2.45, 2.75) is 20.3 Å². The summed E-state index contributed by atoms with van der Waals surface area (Å²) < 4.78 is 39.3. The molecule has 1 aliphatic carbocycles. The van der Waals surface area contributed by atoms with Crippen LogP contribution >= 0.6 is 0 Å². The van der Waals surface area contributed by atoms with E-state index in [1.165, 1.54) is 47.7 Å². The largest absolute Gasteiger partial charge is 0.495 e. The van der Waals surface area contributed by atoms with Gasteiger partial charge in [-0.15, -0.1) is 0 Å². The molecule has 0 bridgehead atoms. The molecule has 0 spiro atoms. The summed E-state index contributed by atoms with van der Waals surface area (Å²) in [5, 5.41) is 1.31. The third kappa shape index (κ3) is 5.00. The second-order valence-corrected chi connectivity index (χ2v) is 9.88. The van der Waals surface area contributed by atoms with Gasteiger partial charge in [-0.2, -0.15) is 0 Å². The van der Waals surface area contributed by atoms with Crippen LogP contribution < -0.4 is 18.9 Å². The predicted octanol–water partition coefficient (Wildman–Crippen LogP) is 6.10. The summed E-state index contributed by atoms with van der Waals surface area (Å²) in [6.45, 7) is 2.86. The molecule has 0 N–H and O–H groups in total. The maximum Gasteiger partial charge on any atom is 0.319 e. The fourth-order valence-electron chi connectivity index (χ4n) is 5.15. The molecule has 2 aromatic carbocycles. The van der Waals surface area contributed by atoms with Gasteiger partial charge in [-0.25, -0.2) is 0 Å². The lowest BCUT2D eigenvalue weighted by molar-refractivity contribution is -0.151. The highest BCUT2D eigenvalue weighted by molar-refractivity contribution is 6.06. The van der Waals surface area contributed by atoms with Crippen molar-refractivity contribution < 1.29 is 46.9 Å². The molecule has 1 atom stereocenters. The van der Waals surface area contributed by atoms with E-state index in [1.807, 2.05) is 6.08 Å². The summed E-state index contributed by atoms with van der Waals surface area (Å²) in [4.78, 5) is 38.1. The van der Waals surface area contributed by atoms with Crippen LogP contribution in [-0.4, -0.2) is 52.1 Å². The Morgan fingerprint density at radius 2 is 1.38 bits per heavy atom. The minimum Gasteiger partial charge on any atom is -0.495 e. The van der Waals surface area contributed by atoms with E-state index in [0.29, 0.717) is 44.8 Å². The third-order valence-electron chi connectivity index (χ3n) is 7.28. The summed E-state index contributed by atoms with van der Waals surface area (Å²) in [6.07, 6.45) is 8.56. The quantitative estimate of drug-likeness (QED) is 0.153. The second kappa shape index (κ2) is 11.5. The van der Waals surface area contributed by atoms with Gasteiger partial charge in [0.05, 0.1) is 44.6 Å². The van der Waals surface area contributed by atoms with E-state index in [2.05, 4.69) is 0 Å². The van der Waals surface area contributed by atoms with Gasteiger partial charge in [-0.05, 0) is 38.0 Å². The van der Waals surface area contributed by atoms with Crippen LogP contribution in [0.5, 0.6) is 23.0 Å². The predicted molar refractivity (Wildman–Crippen MR) is 153 cm³/mol. The number of carbonyl (C=O) groups excluding carboxylic acids is 3. The highest BCUT2D eigenvalue weighted by atomic mass is 16.5. The SMILES string of the molecule is COC(=O)C1(COc2cc3occc3c(OC)c2C(C)=O)C=CC(COc2cc3occc3c(OC)c2C(C)=O)=CC1. The van der Waals surface area contributed by atoms with Crippen LogP contribution in [0.4, 0.5) is 0 Å². The van der Waals surface area contributed by atoms with Gasteiger partial charge in [0.15, 0.2) is 11.6 Å². The number of methoxy groups -OCH3 is 3. The molecule has 42 heavy (non-hydrogen) atoms. The summed E-state index contributed by atoms with van der Waals surface area (Å²) in [7, 11) is 4.26. The van der Waals surface area contributed by atoms with Gasteiger partial charge in [0, 0.05) is 12.1 Å². The summed E-state index contributed by atoms with van der Waals surface area (Å²) in [5.74, 6) is 0.298. The van der Waals surface area contributed by atoms with Crippen LogP contribution in [0.15, 0.2) is 69.4 Å². The van der Waals surface area contributed by atoms with Gasteiger partial charge in [0.1, 0.15) is 63.9 Å². The molecular formula is C32H30O10. The van der Waals surface area contributed by atoms with Crippen molar-refractivity contribution >= 4 is 39.5 Å². The zero-order valence-electron chi connectivity index (χ0n) is 23.9. The average molecular weight is 575 g/mol. The van der Waals surface area contributed by atoms with Crippen LogP contribution in [-0.2, 0) is 9.53 Å². The first-order valence-corrected chi connectivity index (χ1v) is 13.1. The Kier molecular flexibility index (Phi) is 7.80. The molecule has 2 heterocycles. The van der Waals surface area contributed by atoms with Gasteiger partial charge >= 0.3 is 5.97 Å². The van der Waals surface area contributed by atoms with E-state index in [4.69, 9.17) is 32.5 Å². The Bertz CT molecular complexity index is 1750. The number of esters is 1. The molecule has 0 radical (unpaired) electrons. The molecular weight excluding hydrogens is 544 g/mol. The number of rotatable bonds is 11. The Balaban J connectivity index is 1.38. The molecule has 0 fully saturated rings. The van der Waals surface area contributed by atoms with E-state index in [1.54, 1.807) is 36.4 Å². The Hall–Kier alpha value is -4.99. The highest BCUT2D eigenvalue weighted by Gasteiger charge is 2.39. The maximum absolute atomic E-state index is 13.0. The van der Waals surface area contributed by atoms with E-state index < -0.39 is 11.4 Å². The summed E-state index contributed by atoms with van der Waals surface area (Å²) in [5.41, 5.74) is 1.17. The first-order valence-electron chi connectivity index (χ1n) is 13.1. The van der Waals surface area contributed by atoms with Crippen molar-refractivity contribution in [2.75, 3.05) is 34.5 Å². The molecule has 0 saturated heterocycles. The average Bonchev–Trinajstić information content (AvgIpc) is 3.66. The molecule has 5 rings (SSSR count). The molecule has 0 aliphatic heterocycles. The van der Waals surface area contributed by atoms with Gasteiger partial charge in [0.25, 0.3) is 0 Å². The van der Waals surface area contributed by atoms with Crippen molar-refractivity contribution in [3.05, 3.63) is 71.7 Å². The van der Waals surface area contributed by atoms with Gasteiger partial charge in [0.2, 0.25) is 0 Å². The number of benzene rings is 2. The van der Waals surface area contributed by atoms with Crippen LogP contribution in [0.1, 0.15) is 41.0 Å². The number of furan rings is 2. The zero-order valence-corrected chi connectivity index (χ0v) is 23.9. The summed E-state index contributed by atoms with van der Waals surface area (Å²) >= 11 is 0. The Morgan fingerprint density at radius 3 is 1.83 bits per heavy atom. The van der Waals surface area contributed by atoms with Crippen LogP contribution in [0.25, 0.3) is 21.9 Å². The number of allylic oxidation sites excluding steroid dienone is 1. The number of hydrogen-bond donors (Lipinski definition) is 0. The topological polar surface area (TPSA) is 124 Å².